The number of aromatic nitrogens is 1. The number of halogens is 2. The van der Waals surface area contributed by atoms with Gasteiger partial charge in [0.2, 0.25) is 0 Å². The minimum Gasteiger partial charge on any atom is -0.463 e. The van der Waals surface area contributed by atoms with E-state index in [4.69, 9.17) is 19.3 Å². The van der Waals surface area contributed by atoms with Crippen molar-refractivity contribution < 1.29 is 33.3 Å². The number of aliphatic imine (C=N–C) groups is 1. The van der Waals surface area contributed by atoms with E-state index in [1.165, 1.54) is 17.4 Å². The van der Waals surface area contributed by atoms with Gasteiger partial charge in [-0.3, -0.25) is 9.89 Å². The molecule has 2 aliphatic heterocycles. The molecule has 10 nitrogen and oxygen atoms in total. The normalized spacial score (nSPS) is 20.7. The molecule has 1 saturated heterocycles. The lowest BCUT2D eigenvalue weighted by molar-refractivity contribution is -0.139. The number of rotatable bonds is 7. The van der Waals surface area contributed by atoms with Crippen LogP contribution in [0.5, 0.6) is 0 Å². The van der Waals surface area contributed by atoms with Crippen molar-refractivity contribution in [3.8, 4) is 0 Å². The molecule has 0 saturated carbocycles. The molecule has 0 amide bonds. The highest BCUT2D eigenvalue weighted by Crippen LogP contribution is 2.35. The maximum Gasteiger partial charge on any atom is 0.507 e. The van der Waals surface area contributed by atoms with Crippen molar-refractivity contribution in [2.75, 3.05) is 32.9 Å². The van der Waals surface area contributed by atoms with Gasteiger partial charge in [-0.1, -0.05) is 22.0 Å². The lowest BCUT2D eigenvalue weighted by atomic mass is 9.95. The largest absolute Gasteiger partial charge is 0.507 e. The van der Waals surface area contributed by atoms with Crippen LogP contribution in [0.3, 0.4) is 0 Å². The van der Waals surface area contributed by atoms with Gasteiger partial charge >= 0.3 is 12.1 Å². The molecule has 0 aliphatic carbocycles. The van der Waals surface area contributed by atoms with Crippen LogP contribution in [0.4, 0.5) is 9.18 Å². The highest BCUT2D eigenvalue weighted by Gasteiger charge is 2.36. The predicted molar refractivity (Wildman–Crippen MR) is 128 cm³/mol. The Morgan fingerprint density at radius 3 is 2.94 bits per heavy atom. The molecule has 4 rings (SSSR count). The van der Waals surface area contributed by atoms with Crippen molar-refractivity contribution in [2.24, 2.45) is 4.99 Å². The van der Waals surface area contributed by atoms with Gasteiger partial charge in [-0.25, -0.2) is 19.0 Å². The van der Waals surface area contributed by atoms with Crippen molar-refractivity contribution in [1.29, 1.82) is 0 Å². The molecule has 2 aliphatic rings. The second kappa shape index (κ2) is 11.2. The zero-order valence-electron chi connectivity index (χ0n) is 18.6. The van der Waals surface area contributed by atoms with E-state index in [1.807, 2.05) is 0 Å². The quantitative estimate of drug-likeness (QED) is 0.484. The summed E-state index contributed by atoms with van der Waals surface area (Å²) in [4.78, 5) is 35.0. The Kier molecular flexibility index (Phi) is 8.11. The SMILES string of the molecule is CCOC(=O)C1=C(CN2CCOC[C@@H]2OC(=O)O)NC(c2nccs2)=N[C@H]1c1ccc(Br)cc1F. The molecule has 0 bridgehead atoms. The third-order valence-electron chi connectivity index (χ3n) is 5.30. The van der Waals surface area contributed by atoms with Crippen LogP contribution in [-0.2, 0) is 19.0 Å². The second-order valence-electron chi connectivity index (χ2n) is 7.50. The summed E-state index contributed by atoms with van der Waals surface area (Å²) >= 11 is 4.59. The van der Waals surface area contributed by atoms with Crippen LogP contribution in [-0.4, -0.2) is 72.1 Å². The van der Waals surface area contributed by atoms with Crippen molar-refractivity contribution in [3.63, 3.8) is 0 Å². The van der Waals surface area contributed by atoms with E-state index in [0.29, 0.717) is 34.2 Å². The zero-order valence-corrected chi connectivity index (χ0v) is 21.0. The molecule has 2 atom stereocenters. The van der Waals surface area contributed by atoms with Crippen LogP contribution >= 0.6 is 27.3 Å². The number of esters is 1. The number of amidine groups is 1. The van der Waals surface area contributed by atoms with E-state index in [-0.39, 0.29) is 30.9 Å². The molecule has 1 fully saturated rings. The Balaban J connectivity index is 1.81. The summed E-state index contributed by atoms with van der Waals surface area (Å²) < 4.78 is 31.3. The molecule has 13 heteroatoms. The molecule has 0 unspecified atom stereocenters. The smallest absolute Gasteiger partial charge is 0.463 e. The molecular weight excluding hydrogens is 547 g/mol. The molecule has 2 aromatic rings. The number of hydrogen-bond acceptors (Lipinski definition) is 10. The number of benzene rings is 1. The Labute approximate surface area is 212 Å². The van der Waals surface area contributed by atoms with Crippen molar-refractivity contribution in [3.05, 3.63) is 61.9 Å². The van der Waals surface area contributed by atoms with E-state index < -0.39 is 30.2 Å². The topological polar surface area (TPSA) is 123 Å². The highest BCUT2D eigenvalue weighted by atomic mass is 79.9. The van der Waals surface area contributed by atoms with Crippen molar-refractivity contribution >= 4 is 45.2 Å². The fraction of sp³-hybridized carbons (Fsp3) is 0.364. The zero-order chi connectivity index (χ0) is 24.9. The first-order valence-electron chi connectivity index (χ1n) is 10.7. The minimum atomic E-state index is -1.44. The van der Waals surface area contributed by atoms with Gasteiger partial charge in [0.25, 0.3) is 0 Å². The number of morpholine rings is 1. The van der Waals surface area contributed by atoms with Crippen LogP contribution in [0.15, 0.2) is 50.5 Å². The first kappa shape index (κ1) is 25.2. The van der Waals surface area contributed by atoms with E-state index in [0.717, 1.165) is 0 Å². The average molecular weight is 569 g/mol. The van der Waals surface area contributed by atoms with Gasteiger partial charge in [0.1, 0.15) is 11.9 Å². The van der Waals surface area contributed by atoms with Crippen LogP contribution in [0, 0.1) is 5.82 Å². The fourth-order valence-corrected chi connectivity index (χ4v) is 4.71. The summed E-state index contributed by atoms with van der Waals surface area (Å²) in [6.07, 6.45) is -0.715. The van der Waals surface area contributed by atoms with Crippen LogP contribution in [0.2, 0.25) is 0 Å². The van der Waals surface area contributed by atoms with E-state index >= 15 is 4.39 Å². The lowest BCUT2D eigenvalue weighted by Gasteiger charge is -2.36. The number of carbonyl (C=O) groups excluding carboxylic acids is 1. The van der Waals surface area contributed by atoms with Gasteiger partial charge in [-0.2, -0.15) is 0 Å². The van der Waals surface area contributed by atoms with E-state index in [1.54, 1.807) is 35.5 Å². The average Bonchev–Trinajstić information content (AvgIpc) is 3.35. The van der Waals surface area contributed by atoms with E-state index in [2.05, 4.69) is 31.2 Å². The molecule has 3 heterocycles. The summed E-state index contributed by atoms with van der Waals surface area (Å²) in [6, 6.07) is 3.51. The number of carbonyl (C=O) groups is 2. The molecule has 186 valence electrons. The summed E-state index contributed by atoms with van der Waals surface area (Å²) in [5.74, 6) is -0.847. The van der Waals surface area contributed by atoms with Crippen molar-refractivity contribution in [1.82, 2.24) is 15.2 Å². The number of carboxylic acid groups (broad SMARTS) is 1. The second-order valence-corrected chi connectivity index (χ2v) is 9.32. The van der Waals surface area contributed by atoms with Gasteiger partial charge in [0.05, 0.1) is 25.4 Å². The van der Waals surface area contributed by atoms with Gasteiger partial charge < -0.3 is 24.6 Å². The Bertz CT molecular complexity index is 1160. The summed E-state index contributed by atoms with van der Waals surface area (Å²) in [5, 5.41) is 14.6. The number of thiazole rings is 1. The number of nitrogens with one attached hydrogen (secondary N) is 1. The van der Waals surface area contributed by atoms with Gasteiger partial charge in [0, 0.05) is 40.4 Å². The summed E-state index contributed by atoms with van der Waals surface area (Å²) in [6.45, 7) is 2.59. The fourth-order valence-electron chi connectivity index (χ4n) is 3.79. The van der Waals surface area contributed by atoms with Gasteiger partial charge in [0.15, 0.2) is 17.1 Å². The summed E-state index contributed by atoms with van der Waals surface area (Å²) in [5.41, 5.74) is 0.690. The maximum atomic E-state index is 15.1. The van der Waals surface area contributed by atoms with Crippen molar-refractivity contribution in [2.45, 2.75) is 19.2 Å². The molecule has 1 aromatic carbocycles. The number of ether oxygens (including phenoxy) is 3. The standard InChI is InChI=1S/C22H22BrFN4O6S/c1-2-33-21(29)17-15(10-28-6-7-32-11-16(28)34-22(30)31)26-19(20-25-5-8-35-20)27-18(17)13-4-3-12(23)9-14(13)24/h3-5,8-9,16,18H,2,6-7,10-11H2,1H3,(H,26,27)(H,30,31)/t16-,18-/m0/s1. The molecule has 0 radical (unpaired) electrons. The number of hydrogen-bond donors (Lipinski definition) is 2. The first-order valence-corrected chi connectivity index (χ1v) is 12.4. The van der Waals surface area contributed by atoms with E-state index in [9.17, 15) is 9.59 Å². The first-order chi connectivity index (χ1) is 16.9. The monoisotopic (exact) mass is 568 g/mol. The Morgan fingerprint density at radius 2 is 2.26 bits per heavy atom. The Morgan fingerprint density at radius 1 is 1.43 bits per heavy atom. The van der Waals surface area contributed by atoms with Gasteiger partial charge in [-0.05, 0) is 19.1 Å². The van der Waals surface area contributed by atoms with Crippen LogP contribution in [0.1, 0.15) is 23.5 Å². The summed E-state index contributed by atoms with van der Waals surface area (Å²) in [7, 11) is 0. The van der Waals surface area contributed by atoms with Gasteiger partial charge in [-0.15, -0.1) is 11.3 Å². The molecule has 0 spiro atoms. The number of nitrogens with zero attached hydrogens (tertiary/aromatic N) is 3. The predicted octanol–water partition coefficient (Wildman–Crippen LogP) is 3.31. The van der Waals surface area contributed by atoms with Crippen LogP contribution < -0.4 is 5.32 Å². The lowest BCUT2D eigenvalue weighted by Crippen LogP contribution is -2.50. The molecule has 1 aromatic heterocycles. The minimum absolute atomic E-state index is 0.0342. The third kappa shape index (κ3) is 5.86. The molecule has 35 heavy (non-hydrogen) atoms. The highest BCUT2D eigenvalue weighted by molar-refractivity contribution is 9.10. The molecule has 2 N–H and O–H groups in total. The maximum absolute atomic E-state index is 15.1. The molecular formula is C22H22BrFN4O6S. The third-order valence-corrected chi connectivity index (χ3v) is 6.58. The Hall–Kier alpha value is -2.87. The van der Waals surface area contributed by atoms with Crippen LogP contribution in [0.25, 0.3) is 0 Å².